The van der Waals surface area contributed by atoms with Crippen molar-refractivity contribution in [3.63, 3.8) is 0 Å². The van der Waals surface area contributed by atoms with E-state index in [1.165, 1.54) is 103 Å². The Morgan fingerprint density at radius 3 is 1.51 bits per heavy atom. The van der Waals surface area contributed by atoms with E-state index >= 15 is 0 Å². The third-order valence-corrected chi connectivity index (χ3v) is 7.35. The molecule has 5 nitrogen and oxygen atoms in total. The van der Waals surface area contributed by atoms with Crippen LogP contribution in [-0.4, -0.2) is 42.6 Å². The van der Waals surface area contributed by atoms with Crippen LogP contribution in [0.15, 0.2) is 0 Å². The Morgan fingerprint density at radius 2 is 1.03 bits per heavy atom. The Hall–Kier alpha value is -0.370. The molecule has 0 aliphatic carbocycles. The second kappa shape index (κ2) is 26.7. The number of rotatable bonds is 26. The Bertz CT molecular complexity index is 531. The van der Waals surface area contributed by atoms with Gasteiger partial charge in [0.15, 0.2) is 0 Å². The highest BCUT2D eigenvalue weighted by molar-refractivity contribution is 7.47. The van der Waals surface area contributed by atoms with E-state index in [2.05, 4.69) is 37.5 Å². The molecular weight excluding hydrogens is 457 g/mol. The van der Waals surface area contributed by atoms with Crippen LogP contribution in [0.25, 0.3) is 0 Å². The van der Waals surface area contributed by atoms with Gasteiger partial charge in [-0.3, -0.25) is 13.9 Å². The Morgan fingerprint density at radius 1 is 0.600 bits per heavy atom. The molecule has 1 N–H and O–H groups in total. The van der Waals surface area contributed by atoms with Crippen molar-refractivity contribution < 1.29 is 18.5 Å². The molecule has 0 spiro atoms. The molecule has 0 heterocycles. The molecule has 35 heavy (non-hydrogen) atoms. The number of hydrogen-bond donors (Lipinski definition) is 1. The highest BCUT2D eigenvalue weighted by atomic mass is 31.2. The van der Waals surface area contributed by atoms with E-state index in [0.29, 0.717) is 6.54 Å². The zero-order valence-electron chi connectivity index (χ0n) is 23.5. The van der Waals surface area contributed by atoms with Crippen LogP contribution in [-0.2, 0) is 13.6 Å². The molecule has 1 unspecified atom stereocenters. The Kier molecular flexibility index (Phi) is 26.4. The van der Waals surface area contributed by atoms with Gasteiger partial charge >= 0.3 is 7.82 Å². The fraction of sp³-hybridized carbons (Fsp3) is 0.931. The lowest BCUT2D eigenvalue weighted by Crippen LogP contribution is -2.26. The number of phosphoric ester groups is 1. The quantitative estimate of drug-likeness (QED) is 0.0708. The van der Waals surface area contributed by atoms with Crippen LogP contribution in [0.1, 0.15) is 143 Å². The molecule has 0 aliphatic heterocycles. The second-order valence-electron chi connectivity index (χ2n) is 9.86. The van der Waals surface area contributed by atoms with E-state index in [0.717, 1.165) is 32.4 Å². The molecule has 0 aromatic carbocycles. The summed E-state index contributed by atoms with van der Waals surface area (Å²) >= 11 is 0. The third-order valence-electron chi connectivity index (χ3n) is 6.39. The zero-order valence-corrected chi connectivity index (χ0v) is 24.4. The lowest BCUT2D eigenvalue weighted by Gasteiger charge is -2.19. The van der Waals surface area contributed by atoms with Gasteiger partial charge in [0.25, 0.3) is 0 Å². The molecule has 0 radical (unpaired) electrons. The van der Waals surface area contributed by atoms with Crippen molar-refractivity contribution in [2.24, 2.45) is 0 Å². The molecule has 1 atom stereocenters. The minimum Gasteiger partial charge on any atom is -0.302 e. The molecule has 0 aromatic heterocycles. The molecule has 0 rings (SSSR count). The van der Waals surface area contributed by atoms with Gasteiger partial charge in [0, 0.05) is 0 Å². The van der Waals surface area contributed by atoms with E-state index in [1.54, 1.807) is 0 Å². The van der Waals surface area contributed by atoms with Crippen molar-refractivity contribution >= 4 is 7.82 Å². The highest BCUT2D eigenvalue weighted by Gasteiger charge is 2.19. The average Bonchev–Trinajstić information content (AvgIpc) is 2.84. The van der Waals surface area contributed by atoms with Crippen LogP contribution in [0.3, 0.4) is 0 Å². The van der Waals surface area contributed by atoms with E-state index in [1.807, 2.05) is 0 Å². The summed E-state index contributed by atoms with van der Waals surface area (Å²) in [4.78, 5) is 12.3. The van der Waals surface area contributed by atoms with Crippen LogP contribution >= 0.6 is 7.82 Å². The summed E-state index contributed by atoms with van der Waals surface area (Å²) in [6.45, 7) is 9.77. The number of unbranched alkanes of at least 4 members (excludes halogenated alkanes) is 16. The average molecular weight is 516 g/mol. The molecule has 0 aromatic rings. The van der Waals surface area contributed by atoms with Gasteiger partial charge in [0.2, 0.25) is 0 Å². The van der Waals surface area contributed by atoms with Crippen LogP contribution < -0.4 is 0 Å². The van der Waals surface area contributed by atoms with Gasteiger partial charge in [0.05, 0.1) is 13.2 Å². The van der Waals surface area contributed by atoms with Crippen molar-refractivity contribution in [1.82, 2.24) is 4.90 Å². The minimum absolute atomic E-state index is 0.0628. The van der Waals surface area contributed by atoms with Crippen molar-refractivity contribution in [2.45, 2.75) is 143 Å². The molecule has 0 saturated carbocycles. The molecular formula is C29H58NO4P. The summed E-state index contributed by atoms with van der Waals surface area (Å²) < 4.78 is 22.1. The maximum absolute atomic E-state index is 12.0. The fourth-order valence-electron chi connectivity index (χ4n) is 4.11. The number of hydrogen-bond acceptors (Lipinski definition) is 4. The van der Waals surface area contributed by atoms with Crippen LogP contribution in [0, 0.1) is 11.8 Å². The van der Waals surface area contributed by atoms with Gasteiger partial charge in [-0.05, 0) is 32.4 Å². The second-order valence-corrected chi connectivity index (χ2v) is 11.3. The maximum Gasteiger partial charge on any atom is 0.473 e. The SMILES string of the molecule is CCCCCCCCCOP(=O)(O)OCC#CCN(CCCCCCCC)CCCCCCCC. The number of nitrogens with zero attached hydrogens (tertiary/aromatic N) is 1. The van der Waals surface area contributed by atoms with Crippen LogP contribution in [0.5, 0.6) is 0 Å². The minimum atomic E-state index is -4.00. The van der Waals surface area contributed by atoms with Gasteiger partial charge in [-0.2, -0.15) is 0 Å². The largest absolute Gasteiger partial charge is 0.473 e. The highest BCUT2D eigenvalue weighted by Crippen LogP contribution is 2.43. The maximum atomic E-state index is 12.0. The summed E-state index contributed by atoms with van der Waals surface area (Å²) in [5.74, 6) is 6.06. The van der Waals surface area contributed by atoms with Gasteiger partial charge < -0.3 is 4.89 Å². The zero-order chi connectivity index (χ0) is 25.9. The first-order valence-corrected chi connectivity index (χ1v) is 16.3. The van der Waals surface area contributed by atoms with E-state index in [9.17, 15) is 9.46 Å². The Labute approximate surface area is 218 Å². The Balaban J connectivity index is 4.14. The van der Waals surface area contributed by atoms with Crippen molar-refractivity contribution in [2.75, 3.05) is 32.8 Å². The lowest BCUT2D eigenvalue weighted by molar-refractivity contribution is 0.160. The third kappa shape index (κ3) is 26.5. The smallest absolute Gasteiger partial charge is 0.302 e. The summed E-state index contributed by atoms with van der Waals surface area (Å²) in [7, 11) is -4.00. The summed E-state index contributed by atoms with van der Waals surface area (Å²) in [6.07, 6.45) is 23.6. The first-order valence-electron chi connectivity index (χ1n) is 14.9. The molecule has 0 amide bonds. The van der Waals surface area contributed by atoms with Crippen LogP contribution in [0.2, 0.25) is 0 Å². The molecule has 0 aliphatic rings. The molecule has 0 fully saturated rings. The van der Waals surface area contributed by atoms with Gasteiger partial charge in [-0.15, -0.1) is 0 Å². The van der Waals surface area contributed by atoms with E-state index in [4.69, 9.17) is 9.05 Å². The van der Waals surface area contributed by atoms with Crippen molar-refractivity contribution in [3.05, 3.63) is 0 Å². The summed E-state index contributed by atoms with van der Waals surface area (Å²) in [5.41, 5.74) is 0. The summed E-state index contributed by atoms with van der Waals surface area (Å²) in [6, 6.07) is 0. The van der Waals surface area contributed by atoms with Crippen molar-refractivity contribution in [3.8, 4) is 11.8 Å². The molecule has 208 valence electrons. The first-order chi connectivity index (χ1) is 17.1. The predicted molar refractivity (Wildman–Crippen MR) is 151 cm³/mol. The van der Waals surface area contributed by atoms with Gasteiger partial charge in [0.1, 0.15) is 6.61 Å². The first kappa shape index (κ1) is 34.6. The lowest BCUT2D eigenvalue weighted by atomic mass is 10.1. The van der Waals surface area contributed by atoms with E-state index < -0.39 is 7.82 Å². The summed E-state index contributed by atoms with van der Waals surface area (Å²) in [5, 5.41) is 0. The van der Waals surface area contributed by atoms with Gasteiger partial charge in [-0.1, -0.05) is 135 Å². The van der Waals surface area contributed by atoms with Crippen LogP contribution in [0.4, 0.5) is 0 Å². The normalized spacial score (nSPS) is 13.1. The predicted octanol–water partition coefficient (Wildman–Crippen LogP) is 8.90. The topological polar surface area (TPSA) is 59.0 Å². The standard InChI is InChI=1S/C29H58NO4P/c1-4-7-10-13-16-19-23-28-33-35(31,32)34-29-24-22-27-30(25-20-17-14-11-8-5-2)26-21-18-15-12-9-6-3/h4-21,23,25-29H2,1-3H3,(H,31,32). The monoisotopic (exact) mass is 515 g/mol. The molecule has 0 saturated heterocycles. The van der Waals surface area contributed by atoms with Crippen molar-refractivity contribution in [1.29, 1.82) is 0 Å². The fourth-order valence-corrected chi connectivity index (χ4v) is 4.77. The molecule has 0 bridgehead atoms. The van der Waals surface area contributed by atoms with E-state index in [-0.39, 0.29) is 13.2 Å². The van der Waals surface area contributed by atoms with Gasteiger partial charge in [-0.25, -0.2) is 4.57 Å². The molecule has 6 heteroatoms. The number of phosphoric acid groups is 1.